The predicted octanol–water partition coefficient (Wildman–Crippen LogP) is 2.02. The van der Waals surface area contributed by atoms with Crippen LogP contribution in [0.2, 0.25) is 0 Å². The largest absolute Gasteiger partial charge is 0.416 e. The van der Waals surface area contributed by atoms with E-state index in [2.05, 4.69) is 5.73 Å². The minimum atomic E-state index is -4.24. The molecule has 1 aliphatic rings. The van der Waals surface area contributed by atoms with Crippen LogP contribution < -0.4 is 10.6 Å². The van der Waals surface area contributed by atoms with Gasteiger partial charge in [-0.05, 0) is 24.6 Å². The van der Waals surface area contributed by atoms with Crippen LogP contribution in [0, 0.1) is 0 Å². The molecule has 1 aromatic rings. The summed E-state index contributed by atoms with van der Waals surface area (Å²) in [6.07, 6.45) is -2.92. The molecule has 0 radical (unpaired) electrons. The zero-order chi connectivity index (χ0) is 12.9. The van der Waals surface area contributed by atoms with E-state index in [4.69, 9.17) is 4.79 Å². The Morgan fingerprint density at radius 3 is 2.29 bits per heavy atom. The summed E-state index contributed by atoms with van der Waals surface area (Å²) >= 11 is 0. The van der Waals surface area contributed by atoms with Crippen LogP contribution in [0.1, 0.15) is 12.0 Å². The monoisotopic (exact) mass is 246 g/mol. The van der Waals surface area contributed by atoms with Crippen molar-refractivity contribution in [2.24, 2.45) is 5.73 Å². The van der Waals surface area contributed by atoms with Crippen molar-refractivity contribution in [2.75, 3.05) is 18.0 Å². The summed E-state index contributed by atoms with van der Waals surface area (Å²) in [5, 5.41) is 0. The Morgan fingerprint density at radius 2 is 1.88 bits per heavy atom. The highest BCUT2D eigenvalue weighted by molar-refractivity contribution is 5.50. The fourth-order valence-electron chi connectivity index (χ4n) is 1.45. The number of anilines is 1. The Morgan fingerprint density at radius 1 is 1.29 bits per heavy atom. The van der Waals surface area contributed by atoms with E-state index in [0.717, 1.165) is 25.6 Å². The van der Waals surface area contributed by atoms with Crippen LogP contribution in [0.15, 0.2) is 24.3 Å². The molecule has 0 bridgehead atoms. The van der Waals surface area contributed by atoms with Gasteiger partial charge < -0.3 is 10.6 Å². The molecule has 3 nitrogen and oxygen atoms in total. The number of carbonyl (C=O) groups excluding carboxylic acids is 1. The molecule has 1 heterocycles. The second-order valence-electron chi connectivity index (χ2n) is 3.52. The van der Waals surface area contributed by atoms with Crippen molar-refractivity contribution in [1.29, 1.82) is 0 Å². The lowest BCUT2D eigenvalue weighted by Gasteiger charge is -2.33. The Kier molecular flexibility index (Phi) is 4.37. The summed E-state index contributed by atoms with van der Waals surface area (Å²) in [5.41, 5.74) is 4.27. The van der Waals surface area contributed by atoms with Crippen LogP contribution in [0.5, 0.6) is 0 Å². The van der Waals surface area contributed by atoms with Gasteiger partial charge in [-0.25, -0.2) is 0 Å². The number of hydrogen-bond acceptors (Lipinski definition) is 2. The van der Waals surface area contributed by atoms with E-state index in [1.54, 1.807) is 6.07 Å². The molecular formula is C11H13F3N2O. The lowest BCUT2D eigenvalue weighted by Crippen LogP contribution is -2.37. The number of carbonyl (C=O) groups is 1. The molecule has 0 aliphatic carbocycles. The molecule has 1 aliphatic heterocycles. The number of alkyl halides is 3. The average molecular weight is 246 g/mol. The minimum Gasteiger partial charge on any atom is -0.372 e. The van der Waals surface area contributed by atoms with Crippen molar-refractivity contribution in [1.82, 2.24) is 0 Å². The molecular weight excluding hydrogens is 233 g/mol. The van der Waals surface area contributed by atoms with Gasteiger partial charge in [0.05, 0.1) is 5.56 Å². The van der Waals surface area contributed by atoms with Gasteiger partial charge in [-0.15, -0.1) is 0 Å². The molecule has 0 atom stereocenters. The van der Waals surface area contributed by atoms with E-state index >= 15 is 0 Å². The highest BCUT2D eigenvalue weighted by Crippen LogP contribution is 2.32. The van der Waals surface area contributed by atoms with E-state index in [9.17, 15) is 13.2 Å². The fourth-order valence-corrected chi connectivity index (χ4v) is 1.45. The maximum Gasteiger partial charge on any atom is 0.416 e. The Hall–Kier alpha value is -1.72. The van der Waals surface area contributed by atoms with Crippen molar-refractivity contribution >= 4 is 12.1 Å². The van der Waals surface area contributed by atoms with E-state index < -0.39 is 11.7 Å². The predicted molar refractivity (Wildman–Crippen MR) is 58.5 cm³/mol. The molecule has 2 rings (SSSR count). The number of halogens is 3. The quantitative estimate of drug-likeness (QED) is 0.770. The zero-order valence-corrected chi connectivity index (χ0v) is 9.07. The lowest BCUT2D eigenvalue weighted by atomic mass is 10.1. The van der Waals surface area contributed by atoms with Gasteiger partial charge in [0.2, 0.25) is 6.41 Å². The zero-order valence-electron chi connectivity index (χ0n) is 9.07. The highest BCUT2D eigenvalue weighted by Gasteiger charge is 2.31. The molecule has 2 N–H and O–H groups in total. The summed E-state index contributed by atoms with van der Waals surface area (Å²) < 4.78 is 37.0. The molecule has 0 unspecified atom stereocenters. The summed E-state index contributed by atoms with van der Waals surface area (Å²) in [4.78, 5) is 10.5. The molecule has 1 saturated heterocycles. The molecule has 6 heteroatoms. The van der Waals surface area contributed by atoms with Crippen molar-refractivity contribution < 1.29 is 18.0 Å². The van der Waals surface area contributed by atoms with Crippen molar-refractivity contribution in [3.8, 4) is 0 Å². The van der Waals surface area contributed by atoms with Crippen molar-refractivity contribution in [2.45, 2.75) is 12.6 Å². The molecule has 1 fully saturated rings. The highest BCUT2D eigenvalue weighted by atomic mass is 19.4. The van der Waals surface area contributed by atoms with E-state index in [1.807, 2.05) is 4.90 Å². The van der Waals surface area contributed by atoms with Crippen LogP contribution >= 0.6 is 0 Å². The van der Waals surface area contributed by atoms with Gasteiger partial charge in [0, 0.05) is 18.8 Å². The van der Waals surface area contributed by atoms with Gasteiger partial charge >= 0.3 is 6.18 Å². The first kappa shape index (κ1) is 13.3. The molecule has 1 amide bonds. The van der Waals surface area contributed by atoms with Gasteiger partial charge in [0.15, 0.2) is 0 Å². The van der Waals surface area contributed by atoms with Crippen LogP contribution in [0.25, 0.3) is 0 Å². The molecule has 94 valence electrons. The van der Waals surface area contributed by atoms with Gasteiger partial charge in [-0.2, -0.15) is 13.2 Å². The van der Waals surface area contributed by atoms with Gasteiger partial charge in [0.1, 0.15) is 0 Å². The topological polar surface area (TPSA) is 46.3 Å². The summed E-state index contributed by atoms with van der Waals surface area (Å²) in [6, 6.07) is 5.48. The average Bonchev–Trinajstić information content (AvgIpc) is 2.15. The van der Waals surface area contributed by atoms with Crippen LogP contribution in [0.3, 0.4) is 0 Å². The van der Waals surface area contributed by atoms with Crippen molar-refractivity contribution in [3.63, 3.8) is 0 Å². The third kappa shape index (κ3) is 3.65. The van der Waals surface area contributed by atoms with Crippen molar-refractivity contribution in [3.05, 3.63) is 29.8 Å². The van der Waals surface area contributed by atoms with Gasteiger partial charge in [-0.1, -0.05) is 6.07 Å². The molecule has 1 aromatic carbocycles. The molecule has 0 spiro atoms. The van der Waals surface area contributed by atoms with E-state index in [0.29, 0.717) is 5.69 Å². The standard InChI is InChI=1S/C10H10F3N.CH3NO/c11-10(12,13)8-3-1-4-9(7-8)14-5-2-6-14;2-1-3/h1,3-4,7H,2,5-6H2;1H,(H2,2,3). The number of rotatable bonds is 1. The fraction of sp³-hybridized carbons (Fsp3) is 0.364. The second kappa shape index (κ2) is 5.56. The number of nitrogens with zero attached hydrogens (tertiary/aromatic N) is 1. The second-order valence-corrected chi connectivity index (χ2v) is 3.52. The molecule has 0 saturated carbocycles. The van der Waals surface area contributed by atoms with Gasteiger partial charge in [-0.3, -0.25) is 4.79 Å². The third-order valence-corrected chi connectivity index (χ3v) is 2.39. The summed E-state index contributed by atoms with van der Waals surface area (Å²) in [5.74, 6) is 0. The first-order valence-corrected chi connectivity index (χ1v) is 5.06. The third-order valence-electron chi connectivity index (χ3n) is 2.39. The number of benzene rings is 1. The smallest absolute Gasteiger partial charge is 0.372 e. The number of primary amides is 1. The summed E-state index contributed by atoms with van der Waals surface area (Å²) in [6.45, 7) is 1.72. The Bertz CT molecular complexity index is 375. The minimum absolute atomic E-state index is 0.250. The Labute approximate surface area is 97.0 Å². The molecule has 0 aromatic heterocycles. The van der Waals surface area contributed by atoms with E-state index in [1.165, 1.54) is 12.1 Å². The maximum absolute atomic E-state index is 12.3. The first-order chi connectivity index (χ1) is 7.99. The lowest BCUT2D eigenvalue weighted by molar-refractivity contribution is -0.137. The maximum atomic E-state index is 12.3. The normalized spacial score (nSPS) is 14.4. The molecule has 17 heavy (non-hydrogen) atoms. The van der Waals surface area contributed by atoms with Gasteiger partial charge in [0.25, 0.3) is 0 Å². The van der Waals surface area contributed by atoms with Crippen LogP contribution in [-0.2, 0) is 11.0 Å². The number of amides is 1. The SMILES string of the molecule is FC(F)(F)c1cccc(N2CCC2)c1.NC=O. The first-order valence-electron chi connectivity index (χ1n) is 5.06. The van der Waals surface area contributed by atoms with Crippen LogP contribution in [0.4, 0.5) is 18.9 Å². The number of nitrogens with two attached hydrogens (primary N) is 1. The number of hydrogen-bond donors (Lipinski definition) is 1. The summed E-state index contributed by atoms with van der Waals surface area (Å²) in [7, 11) is 0. The van der Waals surface area contributed by atoms with E-state index in [-0.39, 0.29) is 6.41 Å². The Balaban J connectivity index is 0.000000437. The van der Waals surface area contributed by atoms with Crippen LogP contribution in [-0.4, -0.2) is 19.5 Å².